The van der Waals surface area contributed by atoms with Crippen LogP contribution in [0.25, 0.3) is 0 Å². The van der Waals surface area contributed by atoms with Gasteiger partial charge in [-0.25, -0.2) is 8.42 Å². The van der Waals surface area contributed by atoms with Crippen LogP contribution in [0.1, 0.15) is 63.2 Å². The molecule has 4 rings (SSSR count). The third-order valence-electron chi connectivity index (χ3n) is 6.19. The Labute approximate surface area is 199 Å². The Hall–Kier alpha value is -2.79. The molecule has 0 radical (unpaired) electrons. The number of hydrogen-bond donors (Lipinski definition) is 1. The first kappa shape index (κ1) is 24.3. The highest BCUT2D eigenvalue weighted by Crippen LogP contribution is 2.38. The largest absolute Gasteiger partial charge is 0.344 e. The second-order valence-electron chi connectivity index (χ2n) is 9.15. The molecule has 0 bridgehead atoms. The zero-order valence-corrected chi connectivity index (χ0v) is 20.3. The lowest BCUT2D eigenvalue weighted by molar-refractivity contribution is -0.134. The quantitative estimate of drug-likeness (QED) is 0.571. The molecule has 11 heteroatoms. The Bertz CT molecular complexity index is 1110. The van der Waals surface area contributed by atoms with E-state index in [0.29, 0.717) is 30.7 Å². The summed E-state index contributed by atoms with van der Waals surface area (Å²) in [5, 5.41) is 6.94. The number of rotatable bonds is 9. The van der Waals surface area contributed by atoms with Gasteiger partial charge >= 0.3 is 0 Å². The summed E-state index contributed by atoms with van der Waals surface area (Å²) in [5.74, 6) is 1.07. The van der Waals surface area contributed by atoms with E-state index in [1.165, 1.54) is 4.31 Å². The average molecular weight is 490 g/mol. The molecular weight excluding hydrogens is 458 g/mol. The van der Waals surface area contributed by atoms with Crippen LogP contribution in [-0.4, -0.2) is 65.8 Å². The SMILES string of the molecule is CC(C)C(NC(=O)CCC(=O)N1CCN(S(=O)(=O)c2ccccc2)CC1)c1nc(C2CC2)no1. The molecule has 34 heavy (non-hydrogen) atoms. The van der Waals surface area contributed by atoms with Gasteiger partial charge in [-0.3, -0.25) is 9.59 Å². The van der Waals surface area contributed by atoms with Crippen molar-refractivity contribution in [3.8, 4) is 0 Å². The van der Waals surface area contributed by atoms with Gasteiger partial charge < -0.3 is 14.7 Å². The van der Waals surface area contributed by atoms with Crippen LogP contribution < -0.4 is 5.32 Å². The van der Waals surface area contributed by atoms with Crippen molar-refractivity contribution in [3.05, 3.63) is 42.0 Å². The highest BCUT2D eigenvalue weighted by molar-refractivity contribution is 7.89. The van der Waals surface area contributed by atoms with E-state index in [2.05, 4.69) is 15.5 Å². The van der Waals surface area contributed by atoms with Gasteiger partial charge in [-0.15, -0.1) is 0 Å². The Morgan fingerprint density at radius 2 is 1.76 bits per heavy atom. The van der Waals surface area contributed by atoms with Crippen molar-refractivity contribution in [3.63, 3.8) is 0 Å². The number of aromatic nitrogens is 2. The Kier molecular flexibility index (Phi) is 7.32. The van der Waals surface area contributed by atoms with Crippen LogP contribution in [0.4, 0.5) is 0 Å². The lowest BCUT2D eigenvalue weighted by Gasteiger charge is -2.34. The zero-order chi connectivity index (χ0) is 24.3. The summed E-state index contributed by atoms with van der Waals surface area (Å²) in [4.78, 5) is 31.5. The lowest BCUT2D eigenvalue weighted by Crippen LogP contribution is -2.50. The van der Waals surface area contributed by atoms with Gasteiger partial charge in [0.25, 0.3) is 0 Å². The molecule has 2 fully saturated rings. The van der Waals surface area contributed by atoms with E-state index in [1.54, 1.807) is 35.2 Å². The van der Waals surface area contributed by atoms with E-state index in [-0.39, 0.29) is 48.6 Å². The molecule has 1 unspecified atom stereocenters. The molecule has 1 atom stereocenters. The Morgan fingerprint density at radius 3 is 2.38 bits per heavy atom. The second-order valence-corrected chi connectivity index (χ2v) is 11.1. The minimum Gasteiger partial charge on any atom is -0.344 e. The van der Waals surface area contributed by atoms with Gasteiger partial charge in [-0.05, 0) is 30.9 Å². The first-order valence-electron chi connectivity index (χ1n) is 11.7. The van der Waals surface area contributed by atoms with Gasteiger partial charge in [0.15, 0.2) is 5.82 Å². The number of amides is 2. The maximum absolute atomic E-state index is 12.7. The van der Waals surface area contributed by atoms with Gasteiger partial charge in [0, 0.05) is 44.9 Å². The fraction of sp³-hybridized carbons (Fsp3) is 0.565. The highest BCUT2D eigenvalue weighted by Gasteiger charge is 2.32. The predicted octanol–water partition coefficient (Wildman–Crippen LogP) is 2.07. The van der Waals surface area contributed by atoms with E-state index in [4.69, 9.17) is 4.52 Å². The van der Waals surface area contributed by atoms with Crippen LogP contribution in [0, 0.1) is 5.92 Å². The van der Waals surface area contributed by atoms with Crippen molar-refractivity contribution in [2.24, 2.45) is 5.92 Å². The van der Waals surface area contributed by atoms with E-state index in [0.717, 1.165) is 12.8 Å². The summed E-state index contributed by atoms with van der Waals surface area (Å²) in [6, 6.07) is 7.86. The van der Waals surface area contributed by atoms with Crippen LogP contribution >= 0.6 is 0 Å². The van der Waals surface area contributed by atoms with Crippen molar-refractivity contribution in [1.29, 1.82) is 0 Å². The van der Waals surface area contributed by atoms with E-state index < -0.39 is 16.1 Å². The smallest absolute Gasteiger partial charge is 0.249 e. The van der Waals surface area contributed by atoms with Crippen LogP contribution in [0.2, 0.25) is 0 Å². The molecule has 0 spiro atoms. The maximum Gasteiger partial charge on any atom is 0.249 e. The molecule has 1 aliphatic heterocycles. The first-order chi connectivity index (χ1) is 16.3. The van der Waals surface area contributed by atoms with Crippen LogP contribution in [-0.2, 0) is 19.6 Å². The highest BCUT2D eigenvalue weighted by atomic mass is 32.2. The Balaban J connectivity index is 1.25. The van der Waals surface area contributed by atoms with Crippen molar-refractivity contribution in [2.75, 3.05) is 26.2 Å². The number of sulfonamides is 1. The maximum atomic E-state index is 12.7. The number of carbonyl (C=O) groups excluding carboxylic acids is 2. The summed E-state index contributed by atoms with van der Waals surface area (Å²) < 4.78 is 32.3. The monoisotopic (exact) mass is 489 g/mol. The molecule has 10 nitrogen and oxygen atoms in total. The molecule has 1 aromatic heterocycles. The molecule has 184 valence electrons. The number of piperazine rings is 1. The summed E-state index contributed by atoms with van der Waals surface area (Å²) in [7, 11) is -3.57. The van der Waals surface area contributed by atoms with Crippen LogP contribution in [0.3, 0.4) is 0 Å². The van der Waals surface area contributed by atoms with Gasteiger partial charge in [0.05, 0.1) is 4.90 Å². The fourth-order valence-corrected chi connectivity index (χ4v) is 5.38. The number of nitrogens with one attached hydrogen (secondary N) is 1. The number of carbonyl (C=O) groups is 2. The zero-order valence-electron chi connectivity index (χ0n) is 19.5. The molecule has 2 amide bonds. The molecule has 2 aromatic rings. The van der Waals surface area contributed by atoms with Gasteiger partial charge in [-0.2, -0.15) is 9.29 Å². The van der Waals surface area contributed by atoms with Crippen molar-refractivity contribution >= 4 is 21.8 Å². The van der Waals surface area contributed by atoms with Crippen molar-refractivity contribution in [2.45, 2.75) is 56.4 Å². The van der Waals surface area contributed by atoms with Gasteiger partial charge in [-0.1, -0.05) is 37.2 Å². The van der Waals surface area contributed by atoms with Crippen LogP contribution in [0.15, 0.2) is 39.8 Å². The summed E-state index contributed by atoms with van der Waals surface area (Å²) in [6.07, 6.45) is 2.21. The molecule has 1 aliphatic carbocycles. The van der Waals surface area contributed by atoms with Crippen molar-refractivity contribution in [1.82, 2.24) is 24.7 Å². The molecule has 1 saturated heterocycles. The van der Waals surface area contributed by atoms with Gasteiger partial charge in [0.2, 0.25) is 27.7 Å². The predicted molar refractivity (Wildman–Crippen MR) is 123 cm³/mol. The molecule has 1 N–H and O–H groups in total. The number of hydrogen-bond acceptors (Lipinski definition) is 7. The molecule has 1 aromatic carbocycles. The first-order valence-corrected chi connectivity index (χ1v) is 13.2. The van der Waals surface area contributed by atoms with Crippen LogP contribution in [0.5, 0.6) is 0 Å². The fourth-order valence-electron chi connectivity index (χ4n) is 3.94. The lowest BCUT2D eigenvalue weighted by atomic mass is 10.0. The third kappa shape index (κ3) is 5.64. The second kappa shape index (κ2) is 10.2. The number of benzene rings is 1. The molecule has 2 aliphatic rings. The standard InChI is InChI=1S/C23H31N5O5S/c1-16(2)21(23-25-22(26-33-23)17-8-9-17)24-19(29)10-11-20(30)27-12-14-28(15-13-27)34(31,32)18-6-4-3-5-7-18/h3-7,16-17,21H,8-15H2,1-2H3,(H,24,29). The molecule has 2 heterocycles. The topological polar surface area (TPSA) is 126 Å². The normalized spacial score (nSPS) is 18.1. The minimum atomic E-state index is -3.57. The average Bonchev–Trinajstić information content (AvgIpc) is 3.58. The summed E-state index contributed by atoms with van der Waals surface area (Å²) in [5.41, 5.74) is 0. The number of nitrogens with zero attached hydrogens (tertiary/aromatic N) is 4. The van der Waals surface area contributed by atoms with Gasteiger partial charge in [0.1, 0.15) is 6.04 Å². The Morgan fingerprint density at radius 1 is 1.09 bits per heavy atom. The minimum absolute atomic E-state index is 0.0359. The molecule has 1 saturated carbocycles. The molecular formula is C23H31N5O5S. The van der Waals surface area contributed by atoms with E-state index in [9.17, 15) is 18.0 Å². The summed E-state index contributed by atoms with van der Waals surface area (Å²) in [6.45, 7) is 4.97. The van der Waals surface area contributed by atoms with Crippen molar-refractivity contribution < 1.29 is 22.5 Å². The third-order valence-corrected chi connectivity index (χ3v) is 8.10. The van der Waals surface area contributed by atoms with E-state index in [1.807, 2.05) is 13.8 Å². The summed E-state index contributed by atoms with van der Waals surface area (Å²) >= 11 is 0. The van der Waals surface area contributed by atoms with E-state index >= 15 is 0 Å².